The van der Waals surface area contributed by atoms with Crippen molar-refractivity contribution in [1.29, 1.82) is 0 Å². The molecule has 0 aromatic heterocycles. The Balaban J connectivity index is 2.17. The summed E-state index contributed by atoms with van der Waals surface area (Å²) in [5, 5.41) is 0. The van der Waals surface area contributed by atoms with Gasteiger partial charge in [0.05, 0.1) is 14.7 Å². The first-order valence-corrected chi connectivity index (χ1v) is 14.5. The van der Waals surface area contributed by atoms with E-state index in [0.29, 0.717) is 36.4 Å². The Bertz CT molecular complexity index is 1500. The molecule has 7 nitrogen and oxygen atoms in total. The Labute approximate surface area is 220 Å². The number of nitrogens with zero attached hydrogens (tertiary/aromatic N) is 1. The zero-order valence-corrected chi connectivity index (χ0v) is 21.4. The van der Waals surface area contributed by atoms with Crippen LogP contribution in [0.15, 0.2) is 87.5 Å². The summed E-state index contributed by atoms with van der Waals surface area (Å²) in [4.78, 5) is -2.61. The number of alkyl halides is 9. The Morgan fingerprint density at radius 1 is 0.375 bits per heavy atom. The molecule has 3 aromatic rings. The average Bonchev–Trinajstić information content (AvgIpc) is 2.83. The van der Waals surface area contributed by atoms with Gasteiger partial charge in [0.1, 0.15) is 0 Å². The van der Waals surface area contributed by atoms with Gasteiger partial charge in [0.25, 0.3) is 29.5 Å². The van der Waals surface area contributed by atoms with E-state index in [1.807, 2.05) is 0 Å². The van der Waals surface area contributed by atoms with Crippen LogP contribution in [-0.4, -0.2) is 41.8 Å². The number of benzene rings is 3. The number of anilines is 3. The van der Waals surface area contributed by atoms with Crippen LogP contribution in [0.25, 0.3) is 0 Å². The summed E-state index contributed by atoms with van der Waals surface area (Å²) in [6.45, 7) is 0. The van der Waals surface area contributed by atoms with E-state index < -0.39 is 60.7 Å². The lowest BCUT2D eigenvalue weighted by molar-refractivity contribution is -0.0442. The van der Waals surface area contributed by atoms with Crippen LogP contribution in [-0.2, 0) is 29.5 Å². The van der Waals surface area contributed by atoms with Gasteiger partial charge in [0.2, 0.25) is 0 Å². The predicted molar refractivity (Wildman–Crippen MR) is 121 cm³/mol. The summed E-state index contributed by atoms with van der Waals surface area (Å²) in [7, 11) is -17.4. The molecule has 0 amide bonds. The standard InChI is InChI=1S/C21H12F9NO6S3/c22-19(23,24)38(32,33)16-7-1-13(2-8-16)31(14-3-9-17(10-4-14)39(34,35)20(25,26)27)15-5-11-18(12-6-15)40(36,37)21(28,29)30/h1-12H. The fourth-order valence-corrected chi connectivity index (χ4v) is 5.46. The monoisotopic (exact) mass is 641 g/mol. The molecule has 0 radical (unpaired) electrons. The molecule has 0 aliphatic rings. The van der Waals surface area contributed by atoms with Gasteiger partial charge in [-0.05, 0) is 72.8 Å². The van der Waals surface area contributed by atoms with Gasteiger partial charge in [0, 0.05) is 17.1 Å². The van der Waals surface area contributed by atoms with Crippen molar-refractivity contribution in [3.8, 4) is 0 Å². The molecule has 218 valence electrons. The zero-order chi connectivity index (χ0) is 30.5. The molecule has 0 saturated carbocycles. The zero-order valence-electron chi connectivity index (χ0n) is 19.0. The number of rotatable bonds is 6. The van der Waals surface area contributed by atoms with Gasteiger partial charge in [-0.2, -0.15) is 39.5 Å². The molecular formula is C21H12F9NO6S3. The van der Waals surface area contributed by atoms with Gasteiger partial charge in [-0.1, -0.05) is 0 Å². The third kappa shape index (κ3) is 5.62. The van der Waals surface area contributed by atoms with E-state index in [2.05, 4.69) is 0 Å². The van der Waals surface area contributed by atoms with E-state index in [1.165, 1.54) is 0 Å². The fourth-order valence-electron chi connectivity index (χ4n) is 3.17. The molecule has 40 heavy (non-hydrogen) atoms. The molecule has 0 fully saturated rings. The van der Waals surface area contributed by atoms with Crippen molar-refractivity contribution in [3.63, 3.8) is 0 Å². The molecule has 0 N–H and O–H groups in total. The van der Waals surface area contributed by atoms with Gasteiger partial charge in [-0.3, -0.25) is 0 Å². The molecule has 0 saturated heterocycles. The minimum Gasteiger partial charge on any atom is -0.311 e. The van der Waals surface area contributed by atoms with Crippen LogP contribution >= 0.6 is 0 Å². The summed E-state index contributed by atoms with van der Waals surface area (Å²) in [6.07, 6.45) is 0. The maximum absolute atomic E-state index is 12.9. The highest BCUT2D eigenvalue weighted by molar-refractivity contribution is 7.92. The second-order valence-corrected chi connectivity index (χ2v) is 13.5. The van der Waals surface area contributed by atoms with E-state index in [9.17, 15) is 64.8 Å². The first kappa shape index (κ1) is 31.2. The largest absolute Gasteiger partial charge is 0.501 e. The molecule has 0 heterocycles. The fraction of sp³-hybridized carbons (Fsp3) is 0.143. The van der Waals surface area contributed by atoms with Crippen LogP contribution in [0.4, 0.5) is 56.6 Å². The smallest absolute Gasteiger partial charge is 0.311 e. The summed E-state index contributed by atoms with van der Waals surface area (Å²) in [6, 6.07) is 8.06. The number of sulfone groups is 3. The van der Waals surface area contributed by atoms with E-state index in [4.69, 9.17) is 0 Å². The Kier molecular flexibility index (Phi) is 7.76. The van der Waals surface area contributed by atoms with Crippen LogP contribution in [0, 0.1) is 0 Å². The van der Waals surface area contributed by atoms with Gasteiger partial charge in [-0.15, -0.1) is 0 Å². The molecule has 0 atom stereocenters. The van der Waals surface area contributed by atoms with Gasteiger partial charge in [-0.25, -0.2) is 25.3 Å². The summed E-state index contributed by atoms with van der Waals surface area (Å²) in [5.41, 5.74) is -17.6. The average molecular weight is 642 g/mol. The number of halogens is 9. The van der Waals surface area contributed by atoms with Crippen LogP contribution in [0.2, 0.25) is 0 Å². The molecule has 3 rings (SSSR count). The van der Waals surface area contributed by atoms with E-state index >= 15 is 0 Å². The molecule has 0 spiro atoms. The van der Waals surface area contributed by atoms with Crippen LogP contribution in [0.1, 0.15) is 0 Å². The van der Waals surface area contributed by atoms with Gasteiger partial charge < -0.3 is 4.90 Å². The third-order valence-corrected chi connectivity index (χ3v) is 9.64. The van der Waals surface area contributed by atoms with E-state index in [0.717, 1.165) is 41.3 Å². The minimum absolute atomic E-state index is 0.195. The first-order chi connectivity index (χ1) is 18.0. The van der Waals surface area contributed by atoms with Crippen molar-refractivity contribution in [1.82, 2.24) is 0 Å². The lowest BCUT2D eigenvalue weighted by atomic mass is 10.2. The predicted octanol–water partition coefficient (Wildman–Crippen LogP) is 6.04. The van der Waals surface area contributed by atoms with E-state index in [-0.39, 0.29) is 17.1 Å². The first-order valence-electron chi connectivity index (χ1n) is 10.1. The molecular weight excluding hydrogens is 629 g/mol. The van der Waals surface area contributed by atoms with Crippen LogP contribution < -0.4 is 4.90 Å². The van der Waals surface area contributed by atoms with Crippen molar-refractivity contribution in [2.45, 2.75) is 31.2 Å². The Morgan fingerprint density at radius 2 is 0.550 bits per heavy atom. The highest BCUT2D eigenvalue weighted by atomic mass is 32.2. The third-order valence-electron chi connectivity index (χ3n) is 5.13. The van der Waals surface area contributed by atoms with Crippen molar-refractivity contribution in [3.05, 3.63) is 72.8 Å². The maximum Gasteiger partial charge on any atom is 0.501 e. The maximum atomic E-state index is 12.9. The normalized spacial score (nSPS) is 13.7. The highest BCUT2D eigenvalue weighted by Gasteiger charge is 2.48. The summed E-state index contributed by atoms with van der Waals surface area (Å²) < 4.78 is 186. The SMILES string of the molecule is O=S(=O)(c1ccc(N(c2ccc(S(=O)(=O)C(F)(F)F)cc2)c2ccc(S(=O)(=O)C(F)(F)F)cc2)cc1)C(F)(F)F. The number of hydrogen-bond donors (Lipinski definition) is 0. The molecule has 0 unspecified atom stereocenters. The highest BCUT2D eigenvalue weighted by Crippen LogP contribution is 2.39. The second kappa shape index (κ2) is 9.95. The molecule has 0 bridgehead atoms. The molecule has 0 aliphatic carbocycles. The quantitative estimate of drug-likeness (QED) is 0.303. The van der Waals surface area contributed by atoms with Crippen molar-refractivity contribution >= 4 is 46.6 Å². The lowest BCUT2D eigenvalue weighted by Gasteiger charge is -2.26. The summed E-state index contributed by atoms with van der Waals surface area (Å²) >= 11 is 0. The van der Waals surface area contributed by atoms with Crippen molar-refractivity contribution < 1.29 is 64.8 Å². The molecule has 3 aromatic carbocycles. The van der Waals surface area contributed by atoms with Crippen molar-refractivity contribution in [2.75, 3.05) is 4.90 Å². The van der Waals surface area contributed by atoms with Gasteiger partial charge >= 0.3 is 16.5 Å². The van der Waals surface area contributed by atoms with Crippen LogP contribution in [0.5, 0.6) is 0 Å². The Hall–Kier alpha value is -3.32. The molecule has 19 heteroatoms. The number of hydrogen-bond acceptors (Lipinski definition) is 7. The van der Waals surface area contributed by atoms with Gasteiger partial charge in [0.15, 0.2) is 0 Å². The second-order valence-electron chi connectivity index (χ2n) is 7.66. The van der Waals surface area contributed by atoms with Crippen LogP contribution in [0.3, 0.4) is 0 Å². The summed E-state index contributed by atoms with van der Waals surface area (Å²) in [5.74, 6) is 0. The topological polar surface area (TPSA) is 106 Å². The van der Waals surface area contributed by atoms with Crippen molar-refractivity contribution in [2.24, 2.45) is 0 Å². The Morgan fingerprint density at radius 3 is 0.700 bits per heavy atom. The molecule has 0 aliphatic heterocycles. The van der Waals surface area contributed by atoms with E-state index in [1.54, 1.807) is 0 Å². The lowest BCUT2D eigenvalue weighted by Crippen LogP contribution is -2.23. The minimum atomic E-state index is -5.79.